The van der Waals surface area contributed by atoms with Gasteiger partial charge in [-0.2, -0.15) is 0 Å². The lowest BCUT2D eigenvalue weighted by atomic mass is 10.1. The molecule has 0 spiro atoms. The molecule has 0 saturated carbocycles. The summed E-state index contributed by atoms with van der Waals surface area (Å²) in [6.07, 6.45) is 2.59. The maximum Gasteiger partial charge on any atom is 0.278 e. The van der Waals surface area contributed by atoms with E-state index in [0.717, 1.165) is 11.1 Å². The summed E-state index contributed by atoms with van der Waals surface area (Å²) in [4.78, 5) is 31.5. The SMILES string of the molecule is O=[N+]([O-])c1ccccc1C=NOCc1cccc(CON=Cc2ccccc2[N+](=O)[O-])c1. The van der Waals surface area contributed by atoms with E-state index >= 15 is 0 Å². The average Bonchev–Trinajstić information content (AvgIpc) is 2.80. The fraction of sp³-hybridized carbons (Fsp3) is 0.0909. The van der Waals surface area contributed by atoms with E-state index in [1.54, 1.807) is 36.4 Å². The number of nitro benzene ring substituents is 2. The zero-order chi connectivity index (χ0) is 22.8. The molecule has 0 N–H and O–H groups in total. The van der Waals surface area contributed by atoms with Crippen molar-refractivity contribution in [3.05, 3.63) is 115 Å². The standard InChI is InChI=1S/C22H18N4O6/c27-25(28)21-10-3-1-8-19(21)13-23-31-15-17-6-5-7-18(12-17)16-32-24-14-20-9-2-4-11-22(20)26(29)30/h1-14H,15-16H2. The van der Waals surface area contributed by atoms with Crippen LogP contribution in [0.25, 0.3) is 0 Å². The van der Waals surface area contributed by atoms with Crippen LogP contribution >= 0.6 is 0 Å². The van der Waals surface area contributed by atoms with Gasteiger partial charge in [-0.25, -0.2) is 0 Å². The van der Waals surface area contributed by atoms with Crippen molar-refractivity contribution < 1.29 is 19.5 Å². The maximum atomic E-state index is 11.0. The second-order valence-corrected chi connectivity index (χ2v) is 6.47. The molecule has 0 aliphatic carbocycles. The fourth-order valence-electron chi connectivity index (χ4n) is 2.75. The largest absolute Gasteiger partial charge is 0.391 e. The molecule has 0 aliphatic rings. The van der Waals surface area contributed by atoms with Crippen molar-refractivity contribution in [2.45, 2.75) is 13.2 Å². The second kappa shape index (κ2) is 11.0. The molecule has 0 aromatic heterocycles. The van der Waals surface area contributed by atoms with E-state index in [2.05, 4.69) is 10.3 Å². The van der Waals surface area contributed by atoms with Gasteiger partial charge in [0.25, 0.3) is 11.4 Å². The average molecular weight is 434 g/mol. The normalized spacial score (nSPS) is 11.0. The molecule has 3 rings (SSSR count). The number of rotatable bonds is 10. The molecule has 0 heterocycles. The van der Waals surface area contributed by atoms with Gasteiger partial charge in [-0.1, -0.05) is 52.8 Å². The van der Waals surface area contributed by atoms with Crippen LogP contribution in [0.1, 0.15) is 22.3 Å². The van der Waals surface area contributed by atoms with Gasteiger partial charge in [-0.15, -0.1) is 0 Å². The first-order valence-corrected chi connectivity index (χ1v) is 9.40. The highest BCUT2D eigenvalue weighted by atomic mass is 16.6. The number of nitrogens with zero attached hydrogens (tertiary/aromatic N) is 4. The summed E-state index contributed by atoms with van der Waals surface area (Å²) in [6, 6.07) is 19.8. The van der Waals surface area contributed by atoms with Crippen LogP contribution in [0, 0.1) is 20.2 Å². The smallest absolute Gasteiger partial charge is 0.278 e. The molecule has 0 atom stereocenters. The quantitative estimate of drug-likeness (QED) is 0.260. The zero-order valence-electron chi connectivity index (χ0n) is 16.7. The van der Waals surface area contributed by atoms with Crippen molar-refractivity contribution in [2.24, 2.45) is 10.3 Å². The van der Waals surface area contributed by atoms with E-state index in [4.69, 9.17) is 9.68 Å². The minimum absolute atomic E-state index is 0.0552. The van der Waals surface area contributed by atoms with E-state index in [1.807, 2.05) is 24.3 Å². The fourth-order valence-corrected chi connectivity index (χ4v) is 2.75. The van der Waals surface area contributed by atoms with E-state index in [1.165, 1.54) is 24.6 Å². The lowest BCUT2D eigenvalue weighted by Gasteiger charge is -2.04. The third-order valence-corrected chi connectivity index (χ3v) is 4.25. The second-order valence-electron chi connectivity index (χ2n) is 6.47. The van der Waals surface area contributed by atoms with Gasteiger partial charge in [0.15, 0.2) is 0 Å². The minimum Gasteiger partial charge on any atom is -0.391 e. The van der Waals surface area contributed by atoms with Crippen LogP contribution in [0.2, 0.25) is 0 Å². The molecule has 0 bridgehead atoms. The summed E-state index contributed by atoms with van der Waals surface area (Å²) >= 11 is 0. The van der Waals surface area contributed by atoms with E-state index < -0.39 is 9.85 Å². The Morgan fingerprint density at radius 2 is 1.12 bits per heavy atom. The third-order valence-electron chi connectivity index (χ3n) is 4.25. The summed E-state index contributed by atoms with van der Waals surface area (Å²) in [6.45, 7) is 0.314. The molecule has 0 saturated heterocycles. The Balaban J connectivity index is 1.53. The van der Waals surface area contributed by atoms with Gasteiger partial charge in [0.1, 0.15) is 13.2 Å². The number of oxime groups is 2. The van der Waals surface area contributed by atoms with Crippen LogP contribution in [0.3, 0.4) is 0 Å². The van der Waals surface area contributed by atoms with Crippen LogP contribution in [-0.2, 0) is 22.9 Å². The summed E-state index contributed by atoms with van der Waals surface area (Å²) in [5.41, 5.74) is 2.20. The lowest BCUT2D eigenvalue weighted by Crippen LogP contribution is -1.96. The zero-order valence-corrected chi connectivity index (χ0v) is 16.7. The Hall–Kier alpha value is -4.60. The molecule has 3 aromatic carbocycles. The molecule has 10 heteroatoms. The van der Waals surface area contributed by atoms with Crippen LogP contribution in [0.15, 0.2) is 83.1 Å². The number of para-hydroxylation sites is 2. The molecule has 162 valence electrons. The lowest BCUT2D eigenvalue weighted by molar-refractivity contribution is -0.385. The summed E-state index contributed by atoms with van der Waals surface area (Å²) < 4.78 is 0. The maximum absolute atomic E-state index is 11.0. The first-order valence-electron chi connectivity index (χ1n) is 9.40. The Labute approximate surface area is 182 Å². The van der Waals surface area contributed by atoms with Gasteiger partial charge >= 0.3 is 0 Å². The van der Waals surface area contributed by atoms with Gasteiger partial charge in [0, 0.05) is 12.1 Å². The molecule has 3 aromatic rings. The first kappa shape index (κ1) is 22.1. The van der Waals surface area contributed by atoms with Crippen molar-refractivity contribution in [3.8, 4) is 0 Å². The first-order chi connectivity index (χ1) is 15.5. The number of nitro groups is 2. The molecule has 0 radical (unpaired) electrons. The summed E-state index contributed by atoms with van der Waals surface area (Å²) in [5.74, 6) is 0. The highest BCUT2D eigenvalue weighted by Crippen LogP contribution is 2.16. The van der Waals surface area contributed by atoms with Gasteiger partial charge < -0.3 is 9.68 Å². The Bertz CT molecular complexity index is 1080. The molecule has 0 unspecified atom stereocenters. The summed E-state index contributed by atoms with van der Waals surface area (Å²) in [5, 5.41) is 29.6. The van der Waals surface area contributed by atoms with Gasteiger partial charge in [0.05, 0.1) is 33.4 Å². The minimum atomic E-state index is -0.483. The van der Waals surface area contributed by atoms with Crippen molar-refractivity contribution in [1.29, 1.82) is 0 Å². The molecular formula is C22H18N4O6. The Kier molecular flexibility index (Phi) is 7.58. The number of hydrogen-bond acceptors (Lipinski definition) is 8. The number of benzene rings is 3. The summed E-state index contributed by atoms with van der Waals surface area (Å²) in [7, 11) is 0. The highest BCUT2D eigenvalue weighted by molar-refractivity contribution is 5.85. The van der Waals surface area contributed by atoms with Gasteiger partial charge in [0.2, 0.25) is 0 Å². The van der Waals surface area contributed by atoms with Crippen molar-refractivity contribution in [3.63, 3.8) is 0 Å². The third kappa shape index (κ3) is 6.20. The highest BCUT2D eigenvalue weighted by Gasteiger charge is 2.11. The van der Waals surface area contributed by atoms with E-state index in [-0.39, 0.29) is 24.6 Å². The van der Waals surface area contributed by atoms with Crippen LogP contribution in [-0.4, -0.2) is 22.3 Å². The predicted molar refractivity (Wildman–Crippen MR) is 117 cm³/mol. The monoisotopic (exact) mass is 434 g/mol. The number of hydrogen-bond donors (Lipinski definition) is 0. The Morgan fingerprint density at radius 3 is 1.56 bits per heavy atom. The van der Waals surface area contributed by atoms with Crippen molar-refractivity contribution >= 4 is 23.8 Å². The van der Waals surface area contributed by atoms with Gasteiger partial charge in [-0.05, 0) is 29.3 Å². The molecule has 0 amide bonds. The topological polar surface area (TPSA) is 129 Å². The molecule has 0 aliphatic heterocycles. The van der Waals surface area contributed by atoms with Crippen molar-refractivity contribution in [1.82, 2.24) is 0 Å². The van der Waals surface area contributed by atoms with E-state index in [9.17, 15) is 20.2 Å². The van der Waals surface area contributed by atoms with Crippen LogP contribution in [0.5, 0.6) is 0 Å². The van der Waals surface area contributed by atoms with Crippen LogP contribution in [0.4, 0.5) is 11.4 Å². The van der Waals surface area contributed by atoms with Gasteiger partial charge in [-0.3, -0.25) is 20.2 Å². The van der Waals surface area contributed by atoms with Crippen LogP contribution < -0.4 is 0 Å². The molecule has 32 heavy (non-hydrogen) atoms. The van der Waals surface area contributed by atoms with E-state index in [0.29, 0.717) is 11.1 Å². The van der Waals surface area contributed by atoms with Crippen molar-refractivity contribution in [2.75, 3.05) is 0 Å². The Morgan fingerprint density at radius 1 is 0.688 bits per heavy atom. The molecular weight excluding hydrogens is 416 g/mol. The molecule has 10 nitrogen and oxygen atoms in total. The predicted octanol–water partition coefficient (Wildman–Crippen LogP) is 4.60. The molecule has 0 fully saturated rings.